The molecule has 0 bridgehead atoms. The molecule has 1 aromatic carbocycles. The van der Waals surface area contributed by atoms with Crippen LogP contribution in [0.15, 0.2) is 30.6 Å². The third kappa shape index (κ3) is 4.89. The zero-order valence-corrected chi connectivity index (χ0v) is 19.5. The van der Waals surface area contributed by atoms with E-state index in [-0.39, 0.29) is 12.0 Å². The number of hydrogen-bond acceptors (Lipinski definition) is 6. The molecule has 2 aliphatic heterocycles. The number of hydrogen-bond donors (Lipinski definition) is 2. The lowest BCUT2D eigenvalue weighted by Crippen LogP contribution is -2.49. The molecule has 33 heavy (non-hydrogen) atoms. The molecule has 0 spiro atoms. The highest BCUT2D eigenvalue weighted by Gasteiger charge is 2.31. The third-order valence-electron chi connectivity index (χ3n) is 7.74. The van der Waals surface area contributed by atoms with E-state index in [2.05, 4.69) is 44.5 Å². The third-order valence-corrected chi connectivity index (χ3v) is 7.74. The number of nitrogens with zero attached hydrogens (tertiary/aromatic N) is 4. The average Bonchev–Trinajstić information content (AvgIpc) is 2.85. The van der Waals surface area contributed by atoms with E-state index in [1.807, 2.05) is 11.8 Å². The highest BCUT2D eigenvalue weighted by Crippen LogP contribution is 2.26. The Kier molecular flexibility index (Phi) is 6.60. The molecule has 0 unspecified atom stereocenters. The van der Waals surface area contributed by atoms with Crippen molar-refractivity contribution < 1.29 is 9.90 Å². The number of rotatable bonds is 4. The monoisotopic (exact) mass is 449 g/mol. The minimum atomic E-state index is -0.144. The number of aliphatic hydroxyl groups excluding tert-OH is 1. The van der Waals surface area contributed by atoms with Crippen LogP contribution in [0.3, 0.4) is 0 Å². The maximum absolute atomic E-state index is 13.3. The van der Waals surface area contributed by atoms with E-state index in [4.69, 9.17) is 0 Å². The van der Waals surface area contributed by atoms with Gasteiger partial charge in [0.1, 0.15) is 17.8 Å². The zero-order chi connectivity index (χ0) is 22.8. The summed E-state index contributed by atoms with van der Waals surface area (Å²) in [5.74, 6) is 0.791. The van der Waals surface area contributed by atoms with Gasteiger partial charge in [0, 0.05) is 43.8 Å². The molecule has 176 valence electrons. The van der Waals surface area contributed by atoms with Crippen molar-refractivity contribution in [1.29, 1.82) is 0 Å². The molecule has 1 aromatic heterocycles. The van der Waals surface area contributed by atoms with E-state index < -0.39 is 0 Å². The van der Waals surface area contributed by atoms with Crippen LogP contribution in [0.1, 0.15) is 59.3 Å². The van der Waals surface area contributed by atoms with Gasteiger partial charge in [0.25, 0.3) is 5.91 Å². The van der Waals surface area contributed by atoms with Gasteiger partial charge in [0.15, 0.2) is 0 Å². The fourth-order valence-electron chi connectivity index (χ4n) is 5.66. The topological polar surface area (TPSA) is 81.6 Å². The molecule has 0 saturated carbocycles. The normalized spacial score (nSPS) is 22.7. The van der Waals surface area contributed by atoms with Crippen molar-refractivity contribution in [2.45, 2.75) is 70.1 Å². The number of likely N-dealkylation sites (tertiary alicyclic amines) is 2. The molecule has 2 saturated heterocycles. The van der Waals surface area contributed by atoms with Crippen LogP contribution in [0.25, 0.3) is 0 Å². The summed E-state index contributed by atoms with van der Waals surface area (Å²) in [7, 11) is 0. The number of piperidine rings is 2. The Morgan fingerprint density at radius 3 is 2.48 bits per heavy atom. The predicted molar refractivity (Wildman–Crippen MR) is 128 cm³/mol. The van der Waals surface area contributed by atoms with E-state index >= 15 is 0 Å². The first kappa shape index (κ1) is 22.3. The largest absolute Gasteiger partial charge is 0.393 e. The lowest BCUT2D eigenvalue weighted by molar-refractivity contribution is 0.0355. The number of carbonyl (C=O) groups excluding carboxylic acids is 1. The van der Waals surface area contributed by atoms with Crippen LogP contribution >= 0.6 is 0 Å². The van der Waals surface area contributed by atoms with Crippen LogP contribution in [0.2, 0.25) is 0 Å². The molecule has 2 N–H and O–H groups in total. The van der Waals surface area contributed by atoms with Gasteiger partial charge in [-0.1, -0.05) is 24.3 Å². The molecule has 7 nitrogen and oxygen atoms in total. The first-order valence-corrected chi connectivity index (χ1v) is 12.4. The van der Waals surface area contributed by atoms with E-state index in [1.165, 1.54) is 17.5 Å². The van der Waals surface area contributed by atoms with Crippen LogP contribution in [0.4, 0.5) is 5.82 Å². The highest BCUT2D eigenvalue weighted by molar-refractivity contribution is 5.94. The molecule has 0 radical (unpaired) electrons. The molecule has 2 aromatic rings. The summed E-state index contributed by atoms with van der Waals surface area (Å²) in [5, 5.41) is 13.4. The SMILES string of the molecule is Cc1c(N[C@@H]2CCc3ccccc3C2)ncnc1C(=O)N1CCC(N2CCC(O)CC2)CC1. The number of anilines is 1. The average molecular weight is 450 g/mol. The molecule has 1 amide bonds. The second kappa shape index (κ2) is 9.77. The summed E-state index contributed by atoms with van der Waals surface area (Å²) in [6.07, 6.45) is 8.17. The quantitative estimate of drug-likeness (QED) is 0.747. The number of nitrogens with one attached hydrogen (secondary N) is 1. The van der Waals surface area contributed by atoms with Gasteiger partial charge in [-0.15, -0.1) is 0 Å². The van der Waals surface area contributed by atoms with Crippen molar-refractivity contribution in [3.63, 3.8) is 0 Å². The van der Waals surface area contributed by atoms with Crippen LogP contribution in [-0.4, -0.2) is 75.1 Å². The maximum atomic E-state index is 13.3. The van der Waals surface area contributed by atoms with Crippen molar-refractivity contribution in [3.8, 4) is 0 Å². The van der Waals surface area contributed by atoms with E-state index in [1.54, 1.807) is 0 Å². The minimum absolute atomic E-state index is 0.0134. The summed E-state index contributed by atoms with van der Waals surface area (Å²) >= 11 is 0. The number of benzene rings is 1. The van der Waals surface area contributed by atoms with Crippen LogP contribution < -0.4 is 5.32 Å². The predicted octanol–water partition coefficient (Wildman–Crippen LogP) is 2.82. The summed E-state index contributed by atoms with van der Waals surface area (Å²) in [6.45, 7) is 5.40. The van der Waals surface area contributed by atoms with Crippen molar-refractivity contribution in [3.05, 3.63) is 53.0 Å². The molecule has 3 heterocycles. The van der Waals surface area contributed by atoms with E-state index in [0.29, 0.717) is 17.8 Å². The Hall–Kier alpha value is -2.51. The number of aryl methyl sites for hydroxylation is 1. The lowest BCUT2D eigenvalue weighted by atomic mass is 9.88. The smallest absolute Gasteiger partial charge is 0.272 e. The number of aliphatic hydroxyl groups is 1. The minimum Gasteiger partial charge on any atom is -0.393 e. The fourth-order valence-corrected chi connectivity index (χ4v) is 5.66. The summed E-state index contributed by atoms with van der Waals surface area (Å²) in [5.41, 5.74) is 4.20. The molecular weight excluding hydrogens is 414 g/mol. The van der Waals surface area contributed by atoms with Crippen LogP contribution in [-0.2, 0) is 12.8 Å². The van der Waals surface area contributed by atoms with Gasteiger partial charge >= 0.3 is 0 Å². The Morgan fingerprint density at radius 2 is 1.73 bits per heavy atom. The maximum Gasteiger partial charge on any atom is 0.272 e. The van der Waals surface area contributed by atoms with Crippen molar-refractivity contribution >= 4 is 11.7 Å². The first-order valence-electron chi connectivity index (χ1n) is 12.4. The van der Waals surface area contributed by atoms with Gasteiger partial charge in [0.2, 0.25) is 0 Å². The van der Waals surface area contributed by atoms with Crippen molar-refractivity contribution in [2.75, 3.05) is 31.5 Å². The van der Waals surface area contributed by atoms with Crippen LogP contribution in [0, 0.1) is 6.92 Å². The van der Waals surface area contributed by atoms with E-state index in [9.17, 15) is 9.90 Å². The first-order chi connectivity index (χ1) is 16.1. The Morgan fingerprint density at radius 1 is 1.00 bits per heavy atom. The van der Waals surface area contributed by atoms with Gasteiger partial charge in [-0.25, -0.2) is 9.97 Å². The van der Waals surface area contributed by atoms with Gasteiger partial charge in [0.05, 0.1) is 6.10 Å². The standard InChI is InChI=1S/C26H35N5O2/c1-18-24(26(33)31-12-8-22(9-13-31)30-14-10-23(32)11-15-30)27-17-28-25(18)29-21-7-6-19-4-2-3-5-20(19)16-21/h2-5,17,21-23,32H,6-16H2,1H3,(H,27,28,29)/t21-/m1/s1. The number of fused-ring (bicyclic) bond motifs is 1. The molecular formula is C26H35N5O2. The van der Waals surface area contributed by atoms with Gasteiger partial charge in [-0.3, -0.25) is 4.79 Å². The highest BCUT2D eigenvalue weighted by atomic mass is 16.3. The van der Waals surface area contributed by atoms with E-state index in [0.717, 1.165) is 82.5 Å². The van der Waals surface area contributed by atoms with Gasteiger partial charge < -0.3 is 20.2 Å². The number of carbonyl (C=O) groups is 1. The summed E-state index contributed by atoms with van der Waals surface area (Å²) in [4.78, 5) is 26.6. The van der Waals surface area contributed by atoms with Crippen LogP contribution in [0.5, 0.6) is 0 Å². The summed E-state index contributed by atoms with van der Waals surface area (Å²) < 4.78 is 0. The van der Waals surface area contributed by atoms with Gasteiger partial charge in [-0.2, -0.15) is 0 Å². The van der Waals surface area contributed by atoms with Crippen molar-refractivity contribution in [1.82, 2.24) is 19.8 Å². The second-order valence-corrected chi connectivity index (χ2v) is 9.84. The molecule has 3 aliphatic rings. The summed E-state index contributed by atoms with van der Waals surface area (Å²) in [6, 6.07) is 9.47. The molecule has 2 fully saturated rings. The molecule has 1 aliphatic carbocycles. The molecule has 5 rings (SSSR count). The molecule has 7 heteroatoms. The van der Waals surface area contributed by atoms with Gasteiger partial charge in [-0.05, 0) is 63.0 Å². The Bertz CT molecular complexity index is 980. The lowest BCUT2D eigenvalue weighted by Gasteiger charge is -2.41. The number of amides is 1. The Labute approximate surface area is 196 Å². The number of aromatic nitrogens is 2. The zero-order valence-electron chi connectivity index (χ0n) is 19.5. The fraction of sp³-hybridized carbons (Fsp3) is 0.577. The second-order valence-electron chi connectivity index (χ2n) is 9.84. The molecule has 1 atom stereocenters. The Balaban J connectivity index is 1.21. The van der Waals surface area contributed by atoms with Crippen molar-refractivity contribution in [2.24, 2.45) is 0 Å².